The largest absolute Gasteiger partial charge is 0.497 e. The monoisotopic (exact) mass is 585 g/mol. The lowest BCUT2D eigenvalue weighted by Crippen LogP contribution is -2.52. The minimum absolute atomic E-state index is 0.0268. The summed E-state index contributed by atoms with van der Waals surface area (Å²) in [4.78, 5) is 28.3. The standard InChI is InChI=1S/C26H33Cl2N3O6S/c1-17(26(33)29-20-7-5-6-8-20)30(15-18-9-10-19(27)13-22(18)28)25(32)16-31(38(4,34)35)23-14-21(36-2)11-12-24(23)37-3/h9-14,17,20H,5-8,15-16H2,1-4H3,(H,29,33). The SMILES string of the molecule is COc1ccc(OC)c(N(CC(=O)N(Cc2ccc(Cl)cc2Cl)C(C)C(=O)NC2CCCC2)S(C)(=O)=O)c1. The second-order valence-corrected chi connectivity index (χ2v) is 12.0. The van der Waals surface area contributed by atoms with Gasteiger partial charge in [-0.3, -0.25) is 13.9 Å². The smallest absolute Gasteiger partial charge is 0.244 e. The van der Waals surface area contributed by atoms with Gasteiger partial charge in [-0.2, -0.15) is 0 Å². The number of rotatable bonds is 11. The number of nitrogens with zero attached hydrogens (tertiary/aromatic N) is 2. The van der Waals surface area contributed by atoms with Crippen molar-refractivity contribution < 1.29 is 27.5 Å². The van der Waals surface area contributed by atoms with E-state index in [4.69, 9.17) is 32.7 Å². The highest BCUT2D eigenvalue weighted by Gasteiger charge is 2.32. The summed E-state index contributed by atoms with van der Waals surface area (Å²) in [5.41, 5.74) is 0.699. The number of nitrogens with one attached hydrogen (secondary N) is 1. The van der Waals surface area contributed by atoms with Gasteiger partial charge in [0.1, 0.15) is 24.1 Å². The highest BCUT2D eigenvalue weighted by atomic mass is 35.5. The number of hydrogen-bond acceptors (Lipinski definition) is 6. The molecule has 9 nitrogen and oxygen atoms in total. The molecule has 0 bridgehead atoms. The van der Waals surface area contributed by atoms with Crippen molar-refractivity contribution >= 4 is 50.7 Å². The summed E-state index contributed by atoms with van der Waals surface area (Å²) in [6.45, 7) is 1.01. The zero-order valence-electron chi connectivity index (χ0n) is 21.9. The maximum atomic E-state index is 13.8. The first-order valence-corrected chi connectivity index (χ1v) is 14.8. The van der Waals surface area contributed by atoms with E-state index in [0.717, 1.165) is 36.2 Å². The highest BCUT2D eigenvalue weighted by Crippen LogP contribution is 2.34. The lowest BCUT2D eigenvalue weighted by molar-refractivity contribution is -0.139. The molecule has 0 spiro atoms. The average molecular weight is 587 g/mol. The topological polar surface area (TPSA) is 105 Å². The van der Waals surface area contributed by atoms with Gasteiger partial charge in [-0.15, -0.1) is 0 Å². The lowest BCUT2D eigenvalue weighted by atomic mass is 10.1. The molecule has 38 heavy (non-hydrogen) atoms. The fraction of sp³-hybridized carbons (Fsp3) is 0.462. The van der Waals surface area contributed by atoms with Crippen LogP contribution in [0.5, 0.6) is 11.5 Å². The van der Waals surface area contributed by atoms with Gasteiger partial charge in [0.15, 0.2) is 0 Å². The highest BCUT2D eigenvalue weighted by molar-refractivity contribution is 7.92. The summed E-state index contributed by atoms with van der Waals surface area (Å²) in [6.07, 6.45) is 4.83. The summed E-state index contributed by atoms with van der Waals surface area (Å²) in [5.74, 6) is -0.292. The van der Waals surface area contributed by atoms with Gasteiger partial charge in [0, 0.05) is 28.7 Å². The van der Waals surface area contributed by atoms with Crippen molar-refractivity contribution in [2.24, 2.45) is 0 Å². The molecular formula is C26H33Cl2N3O6S. The summed E-state index contributed by atoms with van der Waals surface area (Å²) >= 11 is 12.4. The zero-order chi connectivity index (χ0) is 28.0. The van der Waals surface area contributed by atoms with Crippen LogP contribution in [0, 0.1) is 0 Å². The summed E-state index contributed by atoms with van der Waals surface area (Å²) in [7, 11) is -1.10. The minimum Gasteiger partial charge on any atom is -0.497 e. The van der Waals surface area contributed by atoms with Gasteiger partial charge in [-0.05, 0) is 49.6 Å². The molecule has 1 saturated carbocycles. The quantitative estimate of drug-likeness (QED) is 0.422. The number of halogens is 2. The van der Waals surface area contributed by atoms with Crippen LogP contribution in [-0.2, 0) is 26.2 Å². The lowest BCUT2D eigenvalue weighted by Gasteiger charge is -2.32. The Labute approximate surface area is 234 Å². The molecule has 208 valence electrons. The fourth-order valence-electron chi connectivity index (χ4n) is 4.39. The van der Waals surface area contributed by atoms with Gasteiger partial charge in [0.2, 0.25) is 21.8 Å². The van der Waals surface area contributed by atoms with Crippen LogP contribution in [0.15, 0.2) is 36.4 Å². The molecule has 3 rings (SSSR count). The van der Waals surface area contributed by atoms with Crippen molar-refractivity contribution in [1.82, 2.24) is 10.2 Å². The van der Waals surface area contributed by atoms with Gasteiger partial charge >= 0.3 is 0 Å². The van der Waals surface area contributed by atoms with E-state index in [9.17, 15) is 18.0 Å². The normalized spacial score (nSPS) is 14.6. The Balaban J connectivity index is 1.97. The molecule has 1 unspecified atom stereocenters. The molecule has 1 N–H and O–H groups in total. The van der Waals surface area contributed by atoms with Crippen LogP contribution in [0.1, 0.15) is 38.2 Å². The molecule has 2 aromatic carbocycles. The molecule has 0 radical (unpaired) electrons. The Morgan fingerprint density at radius 3 is 2.34 bits per heavy atom. The molecule has 1 atom stereocenters. The van der Waals surface area contributed by atoms with Crippen LogP contribution in [0.25, 0.3) is 0 Å². The third-order valence-electron chi connectivity index (χ3n) is 6.56. The van der Waals surface area contributed by atoms with Crippen LogP contribution in [0.4, 0.5) is 5.69 Å². The number of methoxy groups -OCH3 is 2. The number of anilines is 1. The van der Waals surface area contributed by atoms with Gasteiger partial charge in [0.25, 0.3) is 0 Å². The Hall–Kier alpha value is -2.69. The first-order valence-electron chi connectivity index (χ1n) is 12.2. The van der Waals surface area contributed by atoms with Gasteiger partial charge in [-0.25, -0.2) is 8.42 Å². The zero-order valence-corrected chi connectivity index (χ0v) is 24.2. The van der Waals surface area contributed by atoms with Crippen LogP contribution >= 0.6 is 23.2 Å². The predicted octanol–water partition coefficient (Wildman–Crippen LogP) is 4.25. The summed E-state index contributed by atoms with van der Waals surface area (Å²) in [6, 6.07) is 8.66. The number of amides is 2. The molecule has 1 aliphatic carbocycles. The van der Waals surface area contributed by atoms with Crippen LogP contribution < -0.4 is 19.1 Å². The molecule has 2 amide bonds. The van der Waals surface area contributed by atoms with Crippen molar-refractivity contribution in [2.45, 2.75) is 51.2 Å². The van der Waals surface area contributed by atoms with E-state index in [1.165, 1.54) is 25.2 Å². The van der Waals surface area contributed by atoms with E-state index in [1.54, 1.807) is 37.3 Å². The molecule has 0 saturated heterocycles. The first kappa shape index (κ1) is 29.9. The van der Waals surface area contributed by atoms with Crippen LogP contribution in [0.3, 0.4) is 0 Å². The van der Waals surface area contributed by atoms with E-state index in [0.29, 0.717) is 21.4 Å². The van der Waals surface area contributed by atoms with Crippen molar-refractivity contribution in [3.63, 3.8) is 0 Å². The van der Waals surface area contributed by atoms with E-state index in [2.05, 4.69) is 5.32 Å². The molecule has 0 aliphatic heterocycles. The molecule has 0 aromatic heterocycles. The number of carbonyl (C=O) groups is 2. The molecule has 1 aliphatic rings. The Morgan fingerprint density at radius 1 is 1.08 bits per heavy atom. The number of ether oxygens (including phenoxy) is 2. The van der Waals surface area contributed by atoms with Crippen molar-refractivity contribution in [2.75, 3.05) is 31.3 Å². The number of benzene rings is 2. The van der Waals surface area contributed by atoms with Crippen LogP contribution in [-0.4, -0.2) is 64.2 Å². The van der Waals surface area contributed by atoms with Crippen molar-refractivity contribution in [3.05, 3.63) is 52.0 Å². The molecule has 1 fully saturated rings. The Bertz CT molecular complexity index is 1270. The number of sulfonamides is 1. The van der Waals surface area contributed by atoms with E-state index >= 15 is 0 Å². The van der Waals surface area contributed by atoms with Gasteiger partial charge in [-0.1, -0.05) is 42.1 Å². The summed E-state index contributed by atoms with van der Waals surface area (Å²) in [5, 5.41) is 3.77. The predicted molar refractivity (Wildman–Crippen MR) is 149 cm³/mol. The fourth-order valence-corrected chi connectivity index (χ4v) is 5.71. The average Bonchev–Trinajstić information content (AvgIpc) is 3.38. The second-order valence-electron chi connectivity index (χ2n) is 9.23. The summed E-state index contributed by atoms with van der Waals surface area (Å²) < 4.78 is 37.3. The van der Waals surface area contributed by atoms with Crippen LogP contribution in [0.2, 0.25) is 10.0 Å². The minimum atomic E-state index is -3.95. The molecule has 0 heterocycles. The number of hydrogen-bond donors (Lipinski definition) is 1. The second kappa shape index (κ2) is 12.9. The molecule has 2 aromatic rings. The third kappa shape index (κ3) is 7.45. The Morgan fingerprint density at radius 2 is 1.76 bits per heavy atom. The maximum Gasteiger partial charge on any atom is 0.244 e. The van der Waals surface area contributed by atoms with Crippen molar-refractivity contribution in [3.8, 4) is 11.5 Å². The van der Waals surface area contributed by atoms with E-state index in [1.807, 2.05) is 0 Å². The van der Waals surface area contributed by atoms with Gasteiger partial charge in [0.05, 0.1) is 26.2 Å². The van der Waals surface area contributed by atoms with E-state index in [-0.39, 0.29) is 29.9 Å². The first-order chi connectivity index (χ1) is 17.9. The third-order valence-corrected chi connectivity index (χ3v) is 8.27. The van der Waals surface area contributed by atoms with Crippen molar-refractivity contribution in [1.29, 1.82) is 0 Å². The molecule has 12 heteroatoms. The Kier molecular flexibility index (Phi) is 10.1. The molecular weight excluding hydrogens is 553 g/mol. The maximum absolute atomic E-state index is 13.8. The van der Waals surface area contributed by atoms with E-state index < -0.39 is 28.5 Å². The van der Waals surface area contributed by atoms with Gasteiger partial charge < -0.3 is 19.7 Å². The number of carbonyl (C=O) groups excluding carboxylic acids is 2.